The Hall–Kier alpha value is -2.48. The zero-order chi connectivity index (χ0) is 20.1. The summed E-state index contributed by atoms with van der Waals surface area (Å²) >= 11 is 1.39. The maximum absolute atomic E-state index is 12.5. The third-order valence-corrected chi connectivity index (χ3v) is 5.27. The number of nitrogens with zero attached hydrogens (tertiary/aromatic N) is 1. The van der Waals surface area contributed by atoms with Crippen molar-refractivity contribution in [1.82, 2.24) is 10.2 Å². The summed E-state index contributed by atoms with van der Waals surface area (Å²) in [5.41, 5.74) is 2.06. The van der Waals surface area contributed by atoms with Gasteiger partial charge in [0, 0.05) is 23.5 Å². The molecule has 2 aromatic rings. The Labute approximate surface area is 181 Å². The number of anilines is 1. The van der Waals surface area contributed by atoms with E-state index in [4.69, 9.17) is 4.74 Å². The smallest absolute Gasteiger partial charge is 0.262 e. The molecule has 6 nitrogen and oxygen atoms in total. The SMILES string of the molecule is COc1cccc(/C=C2/Sc3ccc(C(=O)NCCN(C)C)cc3NC2=O)c1.Cl. The van der Waals surface area contributed by atoms with Crippen molar-refractivity contribution < 1.29 is 14.3 Å². The molecule has 2 amide bonds. The van der Waals surface area contributed by atoms with Gasteiger partial charge in [-0.15, -0.1) is 12.4 Å². The lowest BCUT2D eigenvalue weighted by Gasteiger charge is -2.19. The number of ether oxygens (including phenoxy) is 1. The Balaban J connectivity index is 0.00000300. The van der Waals surface area contributed by atoms with Crippen molar-refractivity contribution >= 4 is 47.7 Å². The molecule has 0 aliphatic carbocycles. The lowest BCUT2D eigenvalue weighted by molar-refractivity contribution is -0.112. The summed E-state index contributed by atoms with van der Waals surface area (Å²) in [6, 6.07) is 12.9. The van der Waals surface area contributed by atoms with Gasteiger partial charge in [-0.3, -0.25) is 9.59 Å². The molecule has 2 N–H and O–H groups in total. The minimum absolute atomic E-state index is 0. The molecule has 29 heavy (non-hydrogen) atoms. The van der Waals surface area contributed by atoms with E-state index in [9.17, 15) is 9.59 Å². The Bertz CT molecular complexity index is 931. The molecule has 0 bridgehead atoms. The van der Waals surface area contributed by atoms with Crippen molar-refractivity contribution in [3.8, 4) is 5.75 Å². The van der Waals surface area contributed by atoms with E-state index < -0.39 is 0 Å². The van der Waals surface area contributed by atoms with Gasteiger partial charge in [0.05, 0.1) is 17.7 Å². The molecule has 0 fully saturated rings. The van der Waals surface area contributed by atoms with Crippen LogP contribution in [-0.2, 0) is 4.79 Å². The molecule has 0 unspecified atom stereocenters. The Kier molecular flexibility index (Phi) is 8.13. The van der Waals surface area contributed by atoms with Crippen molar-refractivity contribution in [3.05, 3.63) is 58.5 Å². The molecule has 0 atom stereocenters. The number of thioether (sulfide) groups is 1. The van der Waals surface area contributed by atoms with E-state index in [1.165, 1.54) is 11.8 Å². The highest BCUT2D eigenvalue weighted by atomic mass is 35.5. The van der Waals surface area contributed by atoms with Crippen LogP contribution in [0.2, 0.25) is 0 Å². The molecule has 0 radical (unpaired) electrons. The van der Waals surface area contributed by atoms with Crippen LogP contribution >= 0.6 is 24.2 Å². The van der Waals surface area contributed by atoms with Gasteiger partial charge in [-0.25, -0.2) is 0 Å². The molecule has 0 saturated heterocycles. The quantitative estimate of drug-likeness (QED) is 0.682. The number of hydrogen-bond donors (Lipinski definition) is 2. The lowest BCUT2D eigenvalue weighted by Crippen LogP contribution is -2.31. The van der Waals surface area contributed by atoms with E-state index in [1.807, 2.05) is 55.4 Å². The first kappa shape index (κ1) is 22.8. The molecule has 1 aliphatic heterocycles. The molecule has 2 aromatic carbocycles. The lowest BCUT2D eigenvalue weighted by atomic mass is 10.1. The number of fused-ring (bicyclic) bond motifs is 1. The van der Waals surface area contributed by atoms with Crippen molar-refractivity contribution in [3.63, 3.8) is 0 Å². The van der Waals surface area contributed by atoms with Gasteiger partial charge < -0.3 is 20.3 Å². The summed E-state index contributed by atoms with van der Waals surface area (Å²) in [6.45, 7) is 1.33. The second-order valence-corrected chi connectivity index (χ2v) is 7.70. The van der Waals surface area contributed by atoms with Crippen molar-refractivity contribution in [1.29, 1.82) is 0 Å². The number of amides is 2. The first-order valence-corrected chi connectivity index (χ1v) is 9.70. The number of likely N-dealkylation sites (N-methyl/N-ethyl adjacent to an activating group) is 1. The molecule has 0 aromatic heterocycles. The third kappa shape index (κ3) is 6.00. The molecule has 1 heterocycles. The maximum atomic E-state index is 12.5. The van der Waals surface area contributed by atoms with Crippen LogP contribution < -0.4 is 15.4 Å². The van der Waals surface area contributed by atoms with Crippen LogP contribution in [0, 0.1) is 0 Å². The summed E-state index contributed by atoms with van der Waals surface area (Å²) in [6.07, 6.45) is 1.83. The largest absolute Gasteiger partial charge is 0.497 e. The molecule has 3 rings (SSSR count). The van der Waals surface area contributed by atoms with Crippen molar-refractivity contribution in [2.45, 2.75) is 4.90 Å². The predicted molar refractivity (Wildman–Crippen MR) is 120 cm³/mol. The number of methoxy groups -OCH3 is 1. The first-order valence-electron chi connectivity index (χ1n) is 8.88. The van der Waals surface area contributed by atoms with Gasteiger partial charge in [0.15, 0.2) is 0 Å². The fourth-order valence-corrected chi connectivity index (χ4v) is 3.61. The minimum Gasteiger partial charge on any atom is -0.497 e. The average molecular weight is 434 g/mol. The molecular formula is C21H24ClN3O3S. The van der Waals surface area contributed by atoms with Crippen LogP contribution in [0.15, 0.2) is 52.3 Å². The number of nitrogens with one attached hydrogen (secondary N) is 2. The molecular weight excluding hydrogens is 410 g/mol. The summed E-state index contributed by atoms with van der Waals surface area (Å²) in [4.78, 5) is 28.3. The average Bonchev–Trinajstić information content (AvgIpc) is 2.68. The van der Waals surface area contributed by atoms with Gasteiger partial charge in [-0.2, -0.15) is 0 Å². The van der Waals surface area contributed by atoms with Gasteiger partial charge >= 0.3 is 0 Å². The summed E-state index contributed by atoms with van der Waals surface area (Å²) in [5, 5.41) is 5.76. The van der Waals surface area contributed by atoms with Gasteiger partial charge in [0.1, 0.15) is 5.75 Å². The second kappa shape index (κ2) is 10.3. The maximum Gasteiger partial charge on any atom is 0.262 e. The van der Waals surface area contributed by atoms with Gasteiger partial charge in [-0.05, 0) is 56.1 Å². The molecule has 0 saturated carbocycles. The normalized spacial score (nSPS) is 14.1. The van der Waals surface area contributed by atoms with E-state index in [0.29, 0.717) is 22.7 Å². The topological polar surface area (TPSA) is 70.7 Å². The Morgan fingerprint density at radius 2 is 2.03 bits per heavy atom. The monoisotopic (exact) mass is 433 g/mol. The Morgan fingerprint density at radius 3 is 2.76 bits per heavy atom. The standard InChI is InChI=1S/C21H23N3O3S.ClH/c1-24(2)10-9-22-20(25)15-7-8-18-17(13-15)23-21(26)19(28-18)12-14-5-4-6-16(11-14)27-3;/h4-8,11-13H,9-10H2,1-3H3,(H,22,25)(H,23,26);1H/b19-12+;. The minimum atomic E-state index is -0.189. The van der Waals surface area contributed by atoms with Crippen LogP contribution in [0.1, 0.15) is 15.9 Å². The number of halogens is 1. The van der Waals surface area contributed by atoms with Crippen LogP contribution in [0.4, 0.5) is 5.69 Å². The first-order chi connectivity index (χ1) is 13.5. The summed E-state index contributed by atoms with van der Waals surface area (Å²) < 4.78 is 5.23. The Morgan fingerprint density at radius 1 is 1.24 bits per heavy atom. The van der Waals surface area contributed by atoms with Crippen molar-refractivity contribution in [2.24, 2.45) is 0 Å². The zero-order valence-corrected chi connectivity index (χ0v) is 18.2. The van der Waals surface area contributed by atoms with E-state index in [0.717, 1.165) is 22.8 Å². The fourth-order valence-electron chi connectivity index (χ4n) is 2.68. The van der Waals surface area contributed by atoms with E-state index in [1.54, 1.807) is 19.2 Å². The van der Waals surface area contributed by atoms with Crippen LogP contribution in [0.5, 0.6) is 5.75 Å². The summed E-state index contributed by atoms with van der Waals surface area (Å²) in [5.74, 6) is 0.396. The molecule has 1 aliphatic rings. The molecule has 8 heteroatoms. The highest BCUT2D eigenvalue weighted by Crippen LogP contribution is 2.39. The summed E-state index contributed by atoms with van der Waals surface area (Å²) in [7, 11) is 5.52. The van der Waals surface area contributed by atoms with E-state index >= 15 is 0 Å². The molecule has 0 spiro atoms. The van der Waals surface area contributed by atoms with Crippen LogP contribution in [0.3, 0.4) is 0 Å². The zero-order valence-electron chi connectivity index (χ0n) is 16.5. The van der Waals surface area contributed by atoms with Crippen LogP contribution in [-0.4, -0.2) is 51.0 Å². The highest BCUT2D eigenvalue weighted by molar-refractivity contribution is 8.04. The number of carbonyl (C=O) groups excluding carboxylic acids is 2. The van der Waals surface area contributed by atoms with E-state index in [2.05, 4.69) is 10.6 Å². The van der Waals surface area contributed by atoms with Crippen LogP contribution in [0.25, 0.3) is 6.08 Å². The number of hydrogen-bond acceptors (Lipinski definition) is 5. The second-order valence-electron chi connectivity index (χ2n) is 6.61. The van der Waals surface area contributed by atoms with Gasteiger partial charge in [0.25, 0.3) is 11.8 Å². The number of carbonyl (C=O) groups is 2. The van der Waals surface area contributed by atoms with Crippen molar-refractivity contribution in [2.75, 3.05) is 39.6 Å². The highest BCUT2D eigenvalue weighted by Gasteiger charge is 2.22. The van der Waals surface area contributed by atoms with E-state index in [-0.39, 0.29) is 24.2 Å². The number of rotatable bonds is 6. The van der Waals surface area contributed by atoms with Gasteiger partial charge in [0.2, 0.25) is 0 Å². The fraction of sp³-hybridized carbons (Fsp3) is 0.238. The predicted octanol–water partition coefficient (Wildman–Crippen LogP) is 3.49. The molecule has 154 valence electrons. The van der Waals surface area contributed by atoms with Gasteiger partial charge in [-0.1, -0.05) is 23.9 Å². The third-order valence-electron chi connectivity index (χ3n) is 4.17. The number of benzene rings is 2.